The highest BCUT2D eigenvalue weighted by Crippen LogP contribution is 2.45. The van der Waals surface area contributed by atoms with Gasteiger partial charge in [-0.05, 0) is 47.9 Å². The van der Waals surface area contributed by atoms with E-state index >= 15 is 0 Å². The first-order valence-corrected chi connectivity index (χ1v) is 16.9. The molecule has 1 heterocycles. The number of hydrogen-bond donors (Lipinski definition) is 0. The first-order chi connectivity index (χ1) is 23.2. The fourth-order valence-electron chi connectivity index (χ4n) is 5.24. The third-order valence-electron chi connectivity index (χ3n) is 7.62. The standard InChI is InChI=1S/C39H39O7P/c1-30-36(40-27-31-17-7-2-8-18-31)37(41-28-32-19-9-3-10-20-32)38(42-29-33-21-11-4-12-22-33)39(43-30)46-47(44-34-23-13-5-14-24-34)45-35-25-15-6-16-26-35/h2-26,30,36-39H,27-29H2,1H3/t30-,36+,37+,38-,39-/m0/s1. The lowest BCUT2D eigenvalue weighted by Crippen LogP contribution is -2.59. The molecule has 5 aromatic rings. The molecule has 8 heteroatoms. The molecule has 1 aliphatic heterocycles. The van der Waals surface area contributed by atoms with Crippen molar-refractivity contribution in [1.82, 2.24) is 0 Å². The van der Waals surface area contributed by atoms with Crippen LogP contribution in [0.1, 0.15) is 23.6 Å². The molecule has 0 spiro atoms. The van der Waals surface area contributed by atoms with Crippen molar-refractivity contribution >= 4 is 8.60 Å². The Hall–Kier alpha value is -4.07. The molecule has 5 atom stereocenters. The van der Waals surface area contributed by atoms with Crippen LogP contribution >= 0.6 is 8.60 Å². The van der Waals surface area contributed by atoms with Crippen LogP contribution in [0.3, 0.4) is 0 Å². The Morgan fingerprint density at radius 1 is 0.468 bits per heavy atom. The van der Waals surface area contributed by atoms with Crippen LogP contribution in [0.5, 0.6) is 11.5 Å². The summed E-state index contributed by atoms with van der Waals surface area (Å²) in [4.78, 5) is 0. The van der Waals surface area contributed by atoms with Crippen molar-refractivity contribution in [3.8, 4) is 11.5 Å². The van der Waals surface area contributed by atoms with Gasteiger partial charge in [0.2, 0.25) is 0 Å². The molecule has 5 aromatic carbocycles. The summed E-state index contributed by atoms with van der Waals surface area (Å²) in [6.07, 6.45) is -3.02. The Kier molecular flexibility index (Phi) is 12.0. The summed E-state index contributed by atoms with van der Waals surface area (Å²) in [5.41, 5.74) is 3.10. The van der Waals surface area contributed by atoms with E-state index in [1.54, 1.807) is 0 Å². The van der Waals surface area contributed by atoms with Crippen LogP contribution in [0.15, 0.2) is 152 Å². The van der Waals surface area contributed by atoms with Gasteiger partial charge in [0.1, 0.15) is 29.8 Å². The zero-order valence-corrected chi connectivity index (χ0v) is 27.1. The number of hydrogen-bond acceptors (Lipinski definition) is 7. The smallest absolute Gasteiger partial charge is 0.418 e. The summed E-state index contributed by atoms with van der Waals surface area (Å²) < 4.78 is 45.7. The van der Waals surface area contributed by atoms with Crippen molar-refractivity contribution in [3.05, 3.63) is 168 Å². The van der Waals surface area contributed by atoms with E-state index in [1.165, 1.54) is 0 Å². The maximum Gasteiger partial charge on any atom is 0.465 e. The molecule has 0 saturated carbocycles. The van der Waals surface area contributed by atoms with E-state index in [2.05, 4.69) is 0 Å². The van der Waals surface area contributed by atoms with E-state index in [-0.39, 0.29) is 0 Å². The number of benzene rings is 5. The summed E-state index contributed by atoms with van der Waals surface area (Å²) in [5.74, 6) is 1.22. The van der Waals surface area contributed by atoms with Gasteiger partial charge in [0.25, 0.3) is 0 Å². The van der Waals surface area contributed by atoms with E-state index in [4.69, 9.17) is 32.5 Å². The van der Waals surface area contributed by atoms with Crippen LogP contribution in [0.2, 0.25) is 0 Å². The SMILES string of the molecule is C[C@@H]1O[C@@H](OP(Oc2ccccc2)Oc2ccccc2)[C@@H](OCc2ccccc2)[C@H](OCc2ccccc2)[C@@H]1OCc1ccccc1. The number of para-hydroxylation sites is 2. The van der Waals surface area contributed by atoms with E-state index < -0.39 is 39.3 Å². The number of ether oxygens (including phenoxy) is 4. The molecule has 1 fully saturated rings. The molecule has 0 radical (unpaired) electrons. The Labute approximate surface area is 277 Å². The molecular weight excluding hydrogens is 611 g/mol. The molecule has 0 bridgehead atoms. The van der Waals surface area contributed by atoms with Gasteiger partial charge in [-0.15, -0.1) is 0 Å². The second kappa shape index (κ2) is 17.2. The van der Waals surface area contributed by atoms with Crippen molar-refractivity contribution < 1.29 is 32.5 Å². The van der Waals surface area contributed by atoms with Crippen LogP contribution in [-0.2, 0) is 43.3 Å². The van der Waals surface area contributed by atoms with E-state index in [9.17, 15) is 0 Å². The van der Waals surface area contributed by atoms with E-state index in [1.807, 2.05) is 159 Å². The summed E-state index contributed by atoms with van der Waals surface area (Å²) in [7, 11) is -1.98. The monoisotopic (exact) mass is 650 g/mol. The molecule has 0 aliphatic carbocycles. The first-order valence-electron chi connectivity index (χ1n) is 15.8. The van der Waals surface area contributed by atoms with Gasteiger partial charge in [-0.2, -0.15) is 0 Å². The molecule has 47 heavy (non-hydrogen) atoms. The van der Waals surface area contributed by atoms with Crippen molar-refractivity contribution in [2.24, 2.45) is 0 Å². The van der Waals surface area contributed by atoms with Crippen LogP contribution in [0.25, 0.3) is 0 Å². The zero-order valence-electron chi connectivity index (χ0n) is 26.2. The van der Waals surface area contributed by atoms with Crippen molar-refractivity contribution in [3.63, 3.8) is 0 Å². The Morgan fingerprint density at radius 2 is 0.830 bits per heavy atom. The lowest BCUT2D eigenvalue weighted by molar-refractivity contribution is -0.301. The van der Waals surface area contributed by atoms with Crippen molar-refractivity contribution in [2.45, 2.75) is 57.5 Å². The summed E-state index contributed by atoms with van der Waals surface area (Å²) >= 11 is 0. The minimum atomic E-state index is -1.98. The van der Waals surface area contributed by atoms with Crippen LogP contribution in [0.4, 0.5) is 0 Å². The van der Waals surface area contributed by atoms with Gasteiger partial charge in [-0.1, -0.05) is 127 Å². The lowest BCUT2D eigenvalue weighted by atomic mass is 9.98. The molecule has 6 rings (SSSR count). The summed E-state index contributed by atoms with van der Waals surface area (Å²) in [6, 6.07) is 49.0. The zero-order chi connectivity index (χ0) is 32.1. The Morgan fingerprint density at radius 3 is 1.26 bits per heavy atom. The van der Waals surface area contributed by atoms with Crippen LogP contribution < -0.4 is 9.05 Å². The van der Waals surface area contributed by atoms with Gasteiger partial charge in [0.15, 0.2) is 6.29 Å². The molecule has 7 nitrogen and oxygen atoms in total. The van der Waals surface area contributed by atoms with Crippen molar-refractivity contribution in [1.29, 1.82) is 0 Å². The van der Waals surface area contributed by atoms with E-state index in [0.29, 0.717) is 31.3 Å². The largest absolute Gasteiger partial charge is 0.465 e. The first kappa shape index (κ1) is 32.9. The van der Waals surface area contributed by atoms with Gasteiger partial charge < -0.3 is 28.0 Å². The van der Waals surface area contributed by atoms with Crippen molar-refractivity contribution in [2.75, 3.05) is 0 Å². The molecule has 242 valence electrons. The second-order valence-electron chi connectivity index (χ2n) is 11.1. The maximum atomic E-state index is 6.71. The van der Waals surface area contributed by atoms with Gasteiger partial charge >= 0.3 is 8.60 Å². The minimum Gasteiger partial charge on any atom is -0.418 e. The third-order valence-corrected chi connectivity index (χ3v) is 8.72. The number of rotatable bonds is 15. The predicted octanol–water partition coefficient (Wildman–Crippen LogP) is 8.89. The lowest BCUT2D eigenvalue weighted by Gasteiger charge is -2.45. The quantitative estimate of drug-likeness (QED) is 0.105. The minimum absolute atomic E-state index is 0.316. The molecule has 1 saturated heterocycles. The highest BCUT2D eigenvalue weighted by molar-refractivity contribution is 7.42. The highest BCUT2D eigenvalue weighted by Gasteiger charge is 2.49. The molecule has 0 aromatic heterocycles. The average Bonchev–Trinajstić information content (AvgIpc) is 3.12. The van der Waals surface area contributed by atoms with Gasteiger partial charge in [0, 0.05) is 0 Å². The average molecular weight is 651 g/mol. The topological polar surface area (TPSA) is 64.6 Å². The second-order valence-corrected chi connectivity index (χ2v) is 12.2. The molecule has 1 aliphatic rings. The van der Waals surface area contributed by atoms with Gasteiger partial charge in [-0.3, -0.25) is 4.52 Å². The maximum absolute atomic E-state index is 6.71. The molecular formula is C39H39O7P. The molecule has 0 unspecified atom stereocenters. The fourth-order valence-corrected chi connectivity index (χ4v) is 6.29. The van der Waals surface area contributed by atoms with Crippen LogP contribution in [0, 0.1) is 0 Å². The summed E-state index contributed by atoms with van der Waals surface area (Å²) in [6.45, 7) is 3.03. The van der Waals surface area contributed by atoms with Crippen LogP contribution in [-0.4, -0.2) is 30.7 Å². The third kappa shape index (κ3) is 9.72. The predicted molar refractivity (Wildman–Crippen MR) is 182 cm³/mol. The highest BCUT2D eigenvalue weighted by atomic mass is 31.2. The normalized spacial score (nSPS) is 20.9. The molecule has 0 N–H and O–H groups in total. The molecule has 0 amide bonds. The van der Waals surface area contributed by atoms with Gasteiger partial charge in [0.05, 0.1) is 25.9 Å². The Balaban J connectivity index is 1.30. The fraction of sp³-hybridized carbons (Fsp3) is 0.231. The summed E-state index contributed by atoms with van der Waals surface area (Å²) in [5, 5.41) is 0. The van der Waals surface area contributed by atoms with Gasteiger partial charge in [-0.25, -0.2) is 0 Å². The van der Waals surface area contributed by atoms with E-state index in [0.717, 1.165) is 16.7 Å². The Bertz CT molecular complexity index is 1540.